The van der Waals surface area contributed by atoms with Crippen molar-refractivity contribution in [3.05, 3.63) is 5.92 Å². The summed E-state index contributed by atoms with van der Waals surface area (Å²) in [7, 11) is 0. The summed E-state index contributed by atoms with van der Waals surface area (Å²) in [5, 5.41) is 0. The van der Waals surface area contributed by atoms with E-state index in [1.807, 2.05) is 0 Å². The standard InChI is InChI=1S/C11H19.Rb/c1-6-8-9-11(4,5)10(3)7-2;/h2H,6,8-9H2,1,3-5H3;/q-1;+1. The Kier molecular flexibility index (Phi) is 9.97. The molecule has 0 aliphatic carbocycles. The van der Waals surface area contributed by atoms with E-state index in [0.29, 0.717) is 0 Å². The monoisotopic (exact) mass is 236 g/mol. The molecule has 0 aromatic rings. The van der Waals surface area contributed by atoms with E-state index in [-0.39, 0.29) is 63.6 Å². The number of unbranched alkanes of at least 4 members (excludes halogenated alkanes) is 1. The Bertz CT molecular complexity index is 142. The first-order valence-corrected chi connectivity index (χ1v) is 4.35. The van der Waals surface area contributed by atoms with Crippen molar-refractivity contribution in [2.45, 2.75) is 47.0 Å². The zero-order chi connectivity index (χ0) is 8.91. The molecule has 0 unspecified atom stereocenters. The SMILES string of the molecule is C#C[C-](C)C(C)(C)CCCC.[Rb+]. The van der Waals surface area contributed by atoms with Crippen molar-refractivity contribution >= 4 is 0 Å². The smallest absolute Gasteiger partial charge is 0.344 e. The van der Waals surface area contributed by atoms with Gasteiger partial charge in [-0.05, 0) is 0 Å². The fourth-order valence-electron chi connectivity index (χ4n) is 1.00. The van der Waals surface area contributed by atoms with Crippen LogP contribution in [-0.4, -0.2) is 0 Å². The van der Waals surface area contributed by atoms with Gasteiger partial charge >= 0.3 is 58.2 Å². The van der Waals surface area contributed by atoms with Crippen LogP contribution in [0.3, 0.4) is 0 Å². The Morgan fingerprint density at radius 2 is 1.92 bits per heavy atom. The molecule has 0 aromatic heterocycles. The minimum Gasteiger partial charge on any atom is -0.344 e. The second kappa shape index (κ2) is 7.62. The molecule has 1 heteroatoms. The van der Waals surface area contributed by atoms with Crippen LogP contribution >= 0.6 is 0 Å². The average Bonchev–Trinajstić information content (AvgIpc) is 1.99. The molecular formula is C11H19Rb. The van der Waals surface area contributed by atoms with Gasteiger partial charge in [0.1, 0.15) is 0 Å². The van der Waals surface area contributed by atoms with E-state index in [1.54, 1.807) is 0 Å². The number of hydrogen-bond acceptors (Lipinski definition) is 0. The molecule has 0 radical (unpaired) electrons. The first-order chi connectivity index (χ1) is 5.04. The third-order valence-electron chi connectivity index (χ3n) is 2.39. The maximum absolute atomic E-state index is 5.34. The molecule has 12 heavy (non-hydrogen) atoms. The van der Waals surface area contributed by atoms with Crippen LogP contribution < -0.4 is 58.2 Å². The van der Waals surface area contributed by atoms with Gasteiger partial charge < -0.3 is 6.42 Å². The fraction of sp³-hybridized carbons (Fsp3) is 0.727. The number of hydrogen-bond donors (Lipinski definition) is 0. The topological polar surface area (TPSA) is 0 Å². The number of terminal acetylenes is 1. The van der Waals surface area contributed by atoms with Gasteiger partial charge in [0, 0.05) is 0 Å². The summed E-state index contributed by atoms with van der Waals surface area (Å²) in [6.45, 7) is 8.70. The summed E-state index contributed by atoms with van der Waals surface area (Å²) in [4.78, 5) is 0. The molecular weight excluding hydrogens is 218 g/mol. The molecule has 0 saturated carbocycles. The van der Waals surface area contributed by atoms with Crippen LogP contribution in [0.25, 0.3) is 0 Å². The van der Waals surface area contributed by atoms with E-state index in [4.69, 9.17) is 6.42 Å². The second-order valence-electron chi connectivity index (χ2n) is 3.76. The molecule has 0 nitrogen and oxygen atoms in total. The van der Waals surface area contributed by atoms with Crippen LogP contribution in [0.1, 0.15) is 47.0 Å². The zero-order valence-corrected chi connectivity index (χ0v) is 14.1. The van der Waals surface area contributed by atoms with Crippen LogP contribution in [0, 0.1) is 23.7 Å². The predicted octanol–water partition coefficient (Wildman–Crippen LogP) is 0.434. The first kappa shape index (κ1) is 15.7. The Labute approximate surface area is 127 Å². The van der Waals surface area contributed by atoms with Crippen LogP contribution in [0.2, 0.25) is 0 Å². The third-order valence-corrected chi connectivity index (χ3v) is 2.39. The van der Waals surface area contributed by atoms with Gasteiger partial charge in [-0.1, -0.05) is 45.4 Å². The maximum atomic E-state index is 5.34. The van der Waals surface area contributed by atoms with Gasteiger partial charge in [-0.15, -0.1) is 6.92 Å². The largest absolute Gasteiger partial charge is 1.00 e. The first-order valence-electron chi connectivity index (χ1n) is 4.35. The molecule has 64 valence electrons. The molecule has 0 bridgehead atoms. The normalized spacial score (nSPS) is 9.92. The molecule has 0 spiro atoms. The van der Waals surface area contributed by atoms with Crippen LogP contribution in [-0.2, 0) is 0 Å². The number of rotatable bonds is 4. The van der Waals surface area contributed by atoms with Crippen LogP contribution in [0.15, 0.2) is 0 Å². The van der Waals surface area contributed by atoms with Gasteiger partial charge in [-0.25, -0.2) is 0 Å². The van der Waals surface area contributed by atoms with E-state index in [2.05, 4.69) is 33.6 Å². The maximum Gasteiger partial charge on any atom is 1.00 e. The third kappa shape index (κ3) is 5.81. The van der Waals surface area contributed by atoms with E-state index in [1.165, 1.54) is 25.2 Å². The predicted molar refractivity (Wildman–Crippen MR) is 51.1 cm³/mol. The molecule has 0 fully saturated rings. The molecule has 0 atom stereocenters. The van der Waals surface area contributed by atoms with Gasteiger partial charge in [0.25, 0.3) is 0 Å². The van der Waals surface area contributed by atoms with Crippen molar-refractivity contribution in [2.75, 3.05) is 0 Å². The minimum absolute atomic E-state index is 0. The van der Waals surface area contributed by atoms with Gasteiger partial charge in [-0.2, -0.15) is 5.92 Å². The van der Waals surface area contributed by atoms with Crippen LogP contribution in [0.4, 0.5) is 0 Å². The van der Waals surface area contributed by atoms with Crippen molar-refractivity contribution in [3.8, 4) is 12.3 Å². The van der Waals surface area contributed by atoms with Crippen molar-refractivity contribution in [1.82, 2.24) is 0 Å². The molecule has 0 aliphatic rings. The average molecular weight is 237 g/mol. The molecule has 0 heterocycles. The van der Waals surface area contributed by atoms with Crippen molar-refractivity contribution in [3.63, 3.8) is 0 Å². The Morgan fingerprint density at radius 3 is 2.25 bits per heavy atom. The van der Waals surface area contributed by atoms with E-state index < -0.39 is 0 Å². The van der Waals surface area contributed by atoms with Crippen LogP contribution in [0.5, 0.6) is 0 Å². The summed E-state index contributed by atoms with van der Waals surface area (Å²) >= 11 is 0. The van der Waals surface area contributed by atoms with Gasteiger partial charge in [0.2, 0.25) is 0 Å². The van der Waals surface area contributed by atoms with E-state index in [9.17, 15) is 0 Å². The Morgan fingerprint density at radius 1 is 1.42 bits per heavy atom. The summed E-state index contributed by atoms with van der Waals surface area (Å²) in [6, 6.07) is 0. The van der Waals surface area contributed by atoms with E-state index in [0.717, 1.165) is 0 Å². The van der Waals surface area contributed by atoms with Crippen molar-refractivity contribution in [1.29, 1.82) is 0 Å². The van der Waals surface area contributed by atoms with Gasteiger partial charge in [0.05, 0.1) is 0 Å². The van der Waals surface area contributed by atoms with Crippen molar-refractivity contribution in [2.24, 2.45) is 5.41 Å². The van der Waals surface area contributed by atoms with E-state index >= 15 is 0 Å². The summed E-state index contributed by atoms with van der Waals surface area (Å²) in [5.41, 5.74) is 0.241. The second-order valence-corrected chi connectivity index (χ2v) is 3.76. The molecule has 0 N–H and O–H groups in total. The molecule has 0 aliphatic heterocycles. The Hall–Kier alpha value is 1.24. The Balaban J connectivity index is 0. The minimum atomic E-state index is 0. The molecule has 0 aromatic carbocycles. The fourth-order valence-corrected chi connectivity index (χ4v) is 1.00. The molecule has 0 amide bonds. The molecule has 0 rings (SSSR count). The summed E-state index contributed by atoms with van der Waals surface area (Å²) in [5.74, 6) is 3.90. The van der Waals surface area contributed by atoms with Gasteiger partial charge in [0.15, 0.2) is 0 Å². The zero-order valence-electron chi connectivity index (χ0n) is 9.20. The quantitative estimate of drug-likeness (QED) is 0.491. The van der Waals surface area contributed by atoms with Crippen molar-refractivity contribution < 1.29 is 58.2 Å². The summed E-state index contributed by atoms with van der Waals surface area (Å²) < 4.78 is 0. The van der Waals surface area contributed by atoms with Gasteiger partial charge in [-0.3, -0.25) is 5.92 Å². The summed E-state index contributed by atoms with van der Waals surface area (Å²) in [6.07, 6.45) is 9.07. The molecule has 0 saturated heterocycles.